The van der Waals surface area contributed by atoms with Crippen LogP contribution < -0.4 is 9.47 Å². The number of carbonyl (C=O) groups is 1. The lowest BCUT2D eigenvalue weighted by atomic mass is 10.1. The van der Waals surface area contributed by atoms with E-state index in [9.17, 15) is 9.18 Å². The van der Waals surface area contributed by atoms with Crippen molar-refractivity contribution in [1.82, 2.24) is 0 Å². The lowest BCUT2D eigenvalue weighted by Gasteiger charge is -2.12. The molecule has 0 saturated heterocycles. The number of carbonyl (C=O) groups excluding carboxylic acids is 1. The minimum atomic E-state index is -0.361. The molecule has 1 heterocycles. The van der Waals surface area contributed by atoms with E-state index in [4.69, 9.17) is 9.47 Å². The van der Waals surface area contributed by atoms with Gasteiger partial charge in [0.05, 0.1) is 5.56 Å². The van der Waals surface area contributed by atoms with Gasteiger partial charge in [-0.25, -0.2) is 4.39 Å². The highest BCUT2D eigenvalue weighted by molar-refractivity contribution is 6.14. The van der Waals surface area contributed by atoms with Crippen molar-refractivity contribution in [2.24, 2.45) is 0 Å². The maximum Gasteiger partial charge on any atom is 0.231 e. The second-order valence-electron chi connectivity index (χ2n) is 6.78. The highest BCUT2D eigenvalue weighted by atomic mass is 19.1. The smallest absolute Gasteiger partial charge is 0.231 e. The maximum atomic E-state index is 13.4. The van der Waals surface area contributed by atoms with Crippen molar-refractivity contribution in [2.75, 3.05) is 0 Å². The summed E-state index contributed by atoms with van der Waals surface area (Å²) in [7, 11) is 0. The molecule has 0 bridgehead atoms. The fourth-order valence-electron chi connectivity index (χ4n) is 3.20. The largest absolute Gasteiger partial charge is 0.488 e. The van der Waals surface area contributed by atoms with Crippen LogP contribution in [0.25, 0.3) is 6.08 Å². The van der Waals surface area contributed by atoms with Gasteiger partial charge >= 0.3 is 0 Å². The van der Waals surface area contributed by atoms with Crippen LogP contribution in [0.15, 0.2) is 66.4 Å². The predicted octanol–water partition coefficient (Wildman–Crippen LogP) is 5.64. The first kappa shape index (κ1) is 18.0. The van der Waals surface area contributed by atoms with Crippen molar-refractivity contribution in [2.45, 2.75) is 20.5 Å². The van der Waals surface area contributed by atoms with Crippen LogP contribution in [0.5, 0.6) is 11.5 Å². The summed E-state index contributed by atoms with van der Waals surface area (Å²) < 4.78 is 25.2. The summed E-state index contributed by atoms with van der Waals surface area (Å²) in [5.41, 5.74) is 4.09. The van der Waals surface area contributed by atoms with E-state index in [0.29, 0.717) is 29.2 Å². The number of allylic oxidation sites excluding steroid dienone is 1. The molecule has 4 heteroatoms. The zero-order valence-corrected chi connectivity index (χ0v) is 15.7. The van der Waals surface area contributed by atoms with Crippen LogP contribution in [0.1, 0.15) is 32.6 Å². The minimum Gasteiger partial charge on any atom is -0.488 e. The molecule has 4 rings (SSSR count). The Morgan fingerprint density at radius 2 is 1.86 bits per heavy atom. The fraction of sp³-hybridized carbons (Fsp3) is 0.125. The summed E-state index contributed by atoms with van der Waals surface area (Å²) in [6, 6.07) is 17.6. The Hall–Kier alpha value is -3.40. The van der Waals surface area contributed by atoms with Crippen LogP contribution in [0, 0.1) is 19.7 Å². The van der Waals surface area contributed by atoms with E-state index in [1.807, 2.05) is 38.1 Å². The number of ether oxygens (including phenoxy) is 2. The van der Waals surface area contributed by atoms with Gasteiger partial charge < -0.3 is 9.47 Å². The summed E-state index contributed by atoms with van der Waals surface area (Å²) in [6.07, 6.45) is 1.55. The van der Waals surface area contributed by atoms with E-state index < -0.39 is 0 Å². The molecule has 3 aromatic carbocycles. The van der Waals surface area contributed by atoms with Gasteiger partial charge in [0.25, 0.3) is 0 Å². The molecule has 1 aliphatic rings. The minimum absolute atomic E-state index is 0.180. The molecule has 140 valence electrons. The Morgan fingerprint density at radius 3 is 2.64 bits per heavy atom. The van der Waals surface area contributed by atoms with Gasteiger partial charge in [-0.2, -0.15) is 0 Å². The van der Waals surface area contributed by atoms with E-state index >= 15 is 0 Å². The number of hydrogen-bond donors (Lipinski definition) is 0. The first-order valence-corrected chi connectivity index (χ1v) is 9.03. The summed E-state index contributed by atoms with van der Waals surface area (Å²) in [5, 5.41) is 0. The Kier molecular flexibility index (Phi) is 4.70. The molecule has 0 aromatic heterocycles. The quantitative estimate of drug-likeness (QED) is 0.555. The van der Waals surface area contributed by atoms with E-state index in [0.717, 1.165) is 16.7 Å². The molecule has 0 radical (unpaired) electrons. The summed E-state index contributed by atoms with van der Waals surface area (Å²) >= 11 is 0. The average molecular weight is 374 g/mol. The number of Topliss-reactive ketones (excluding diaryl/α,β-unsaturated/α-hetero) is 1. The van der Waals surface area contributed by atoms with Crippen molar-refractivity contribution >= 4 is 11.9 Å². The van der Waals surface area contributed by atoms with Gasteiger partial charge in [0.15, 0.2) is 5.76 Å². The van der Waals surface area contributed by atoms with Crippen LogP contribution in [0.2, 0.25) is 0 Å². The van der Waals surface area contributed by atoms with Crippen molar-refractivity contribution < 1.29 is 18.7 Å². The summed E-state index contributed by atoms with van der Waals surface area (Å²) in [6.45, 7) is 4.34. The molecule has 0 saturated carbocycles. The normalized spacial score (nSPS) is 14.1. The zero-order valence-electron chi connectivity index (χ0n) is 15.7. The van der Waals surface area contributed by atoms with Gasteiger partial charge in [-0.05, 0) is 60.9 Å². The molecule has 3 aromatic rings. The zero-order chi connectivity index (χ0) is 19.7. The molecule has 28 heavy (non-hydrogen) atoms. The number of hydrogen-bond acceptors (Lipinski definition) is 3. The summed E-state index contributed by atoms with van der Waals surface area (Å²) in [4.78, 5) is 12.6. The van der Waals surface area contributed by atoms with Gasteiger partial charge in [-0.15, -0.1) is 0 Å². The highest BCUT2D eigenvalue weighted by Crippen LogP contribution is 2.39. The second-order valence-corrected chi connectivity index (χ2v) is 6.78. The molecule has 3 nitrogen and oxygen atoms in total. The Labute approximate surface area is 163 Å². The van der Waals surface area contributed by atoms with Gasteiger partial charge in [0.1, 0.15) is 23.9 Å². The van der Waals surface area contributed by atoms with Crippen LogP contribution in [-0.4, -0.2) is 5.78 Å². The van der Waals surface area contributed by atoms with E-state index in [1.165, 1.54) is 12.1 Å². The maximum absolute atomic E-state index is 13.4. The Bertz CT molecular complexity index is 1100. The SMILES string of the molecule is Cc1ccccc1COc1ccc2c(c1C)O/C(=C\c1cccc(F)c1)C2=O. The highest BCUT2D eigenvalue weighted by Gasteiger charge is 2.30. The number of halogens is 1. The first-order valence-electron chi connectivity index (χ1n) is 9.03. The van der Waals surface area contributed by atoms with Gasteiger partial charge in [-0.3, -0.25) is 4.79 Å². The topological polar surface area (TPSA) is 35.5 Å². The molecular formula is C24H19FO3. The Balaban J connectivity index is 1.59. The van der Waals surface area contributed by atoms with Crippen LogP contribution in [0.3, 0.4) is 0 Å². The van der Waals surface area contributed by atoms with E-state index in [1.54, 1.807) is 30.3 Å². The number of benzene rings is 3. The van der Waals surface area contributed by atoms with Crippen LogP contribution in [-0.2, 0) is 6.61 Å². The number of rotatable bonds is 4. The standard InChI is InChI=1S/C24H19FO3/c1-15-6-3-4-8-18(15)14-27-21-11-10-20-23(26)22(28-24(20)16(21)2)13-17-7-5-9-19(25)12-17/h3-13H,14H2,1-2H3/b22-13-. The number of fused-ring (bicyclic) bond motifs is 1. The first-order chi connectivity index (χ1) is 13.5. The molecule has 0 N–H and O–H groups in total. The monoisotopic (exact) mass is 374 g/mol. The molecule has 0 unspecified atom stereocenters. The lowest BCUT2D eigenvalue weighted by Crippen LogP contribution is -2.00. The van der Waals surface area contributed by atoms with Gasteiger partial charge in [0.2, 0.25) is 5.78 Å². The third-order valence-electron chi connectivity index (χ3n) is 4.83. The van der Waals surface area contributed by atoms with Crippen molar-refractivity contribution in [3.05, 3.63) is 100 Å². The Morgan fingerprint density at radius 1 is 1.04 bits per heavy atom. The van der Waals surface area contributed by atoms with Gasteiger partial charge in [0, 0.05) is 5.56 Å². The van der Waals surface area contributed by atoms with Crippen molar-refractivity contribution in [3.63, 3.8) is 0 Å². The molecule has 0 aliphatic carbocycles. The van der Waals surface area contributed by atoms with Crippen molar-refractivity contribution in [3.8, 4) is 11.5 Å². The van der Waals surface area contributed by atoms with E-state index in [-0.39, 0.29) is 17.4 Å². The number of aryl methyl sites for hydroxylation is 1. The summed E-state index contributed by atoms with van der Waals surface area (Å²) in [5.74, 6) is 0.768. The third-order valence-corrected chi connectivity index (χ3v) is 4.83. The molecular weight excluding hydrogens is 355 g/mol. The molecule has 0 atom stereocenters. The van der Waals surface area contributed by atoms with Crippen molar-refractivity contribution in [1.29, 1.82) is 0 Å². The van der Waals surface area contributed by atoms with Gasteiger partial charge in [-0.1, -0.05) is 36.4 Å². The second kappa shape index (κ2) is 7.31. The average Bonchev–Trinajstić information content (AvgIpc) is 2.99. The lowest BCUT2D eigenvalue weighted by molar-refractivity contribution is 0.101. The predicted molar refractivity (Wildman–Crippen MR) is 106 cm³/mol. The molecule has 1 aliphatic heterocycles. The van der Waals surface area contributed by atoms with Crippen LogP contribution >= 0.6 is 0 Å². The van der Waals surface area contributed by atoms with E-state index in [2.05, 4.69) is 0 Å². The third kappa shape index (κ3) is 3.41. The molecule has 0 amide bonds. The fourth-order valence-corrected chi connectivity index (χ4v) is 3.20. The molecule has 0 fully saturated rings. The number of ketones is 1. The molecule has 0 spiro atoms. The van der Waals surface area contributed by atoms with Crippen LogP contribution in [0.4, 0.5) is 4.39 Å².